The van der Waals surface area contributed by atoms with Gasteiger partial charge in [-0.1, -0.05) is 67.3 Å². The highest BCUT2D eigenvalue weighted by Crippen LogP contribution is 2.47. The Bertz CT molecular complexity index is 754. The first-order chi connectivity index (χ1) is 10.4. The molecule has 0 saturated carbocycles. The van der Waals surface area contributed by atoms with E-state index in [4.69, 9.17) is 0 Å². The second kappa shape index (κ2) is 4.78. The van der Waals surface area contributed by atoms with Crippen LogP contribution in [-0.2, 0) is 0 Å². The molecule has 2 aromatic rings. The van der Waals surface area contributed by atoms with E-state index in [0.717, 1.165) is 5.56 Å². The molecule has 1 heteroatoms. The van der Waals surface area contributed by atoms with Crippen molar-refractivity contribution < 1.29 is 0 Å². The van der Waals surface area contributed by atoms with E-state index in [9.17, 15) is 0 Å². The molecule has 2 aliphatic rings. The Labute approximate surface area is 125 Å². The molecular weight excluding hydrogens is 254 g/mol. The van der Waals surface area contributed by atoms with Crippen LogP contribution in [0.4, 0.5) is 11.4 Å². The van der Waals surface area contributed by atoms with Crippen LogP contribution in [0.3, 0.4) is 0 Å². The maximum atomic E-state index is 3.88. The van der Waals surface area contributed by atoms with Gasteiger partial charge in [-0.2, -0.15) is 0 Å². The maximum absolute atomic E-state index is 3.88. The summed E-state index contributed by atoms with van der Waals surface area (Å²) in [5.74, 6) is 0.443. The number of rotatable bonds is 2. The Morgan fingerprint density at radius 2 is 1.81 bits per heavy atom. The number of nitrogens with zero attached hydrogens (tertiary/aromatic N) is 1. The van der Waals surface area contributed by atoms with Crippen molar-refractivity contribution in [2.75, 3.05) is 4.90 Å². The molecule has 1 aliphatic heterocycles. The average molecular weight is 271 g/mol. The summed E-state index contributed by atoms with van der Waals surface area (Å²) in [6, 6.07) is 17.7. The maximum Gasteiger partial charge on any atom is 0.0629 e. The predicted octanol–water partition coefficient (Wildman–Crippen LogP) is 5.06. The fourth-order valence-electron chi connectivity index (χ4n) is 3.39. The molecule has 0 spiro atoms. The Hall–Kier alpha value is -2.54. The number of benzene rings is 2. The smallest absolute Gasteiger partial charge is 0.0629 e. The normalized spacial score (nSPS) is 22.0. The Morgan fingerprint density at radius 3 is 2.71 bits per heavy atom. The minimum absolute atomic E-state index is 0.368. The van der Waals surface area contributed by atoms with Gasteiger partial charge in [0.05, 0.1) is 6.04 Å². The summed E-state index contributed by atoms with van der Waals surface area (Å²) >= 11 is 0. The first-order valence-electron chi connectivity index (χ1n) is 7.34. The van der Waals surface area contributed by atoms with Crippen molar-refractivity contribution in [1.82, 2.24) is 0 Å². The molecule has 1 heterocycles. The SMILES string of the molecule is C=Cc1cccc(N2c3ccccc3C3C=CC=CC32)c1. The van der Waals surface area contributed by atoms with E-state index in [-0.39, 0.29) is 0 Å². The summed E-state index contributed by atoms with van der Waals surface area (Å²) < 4.78 is 0. The predicted molar refractivity (Wildman–Crippen MR) is 89.9 cm³/mol. The van der Waals surface area contributed by atoms with Crippen molar-refractivity contribution in [1.29, 1.82) is 0 Å². The topological polar surface area (TPSA) is 3.24 Å². The van der Waals surface area contributed by atoms with Gasteiger partial charge in [-0.15, -0.1) is 0 Å². The quantitative estimate of drug-likeness (QED) is 0.738. The third-order valence-electron chi connectivity index (χ3n) is 4.34. The third kappa shape index (κ3) is 1.85. The third-order valence-corrected chi connectivity index (χ3v) is 4.34. The Balaban J connectivity index is 1.89. The minimum Gasteiger partial charge on any atom is -0.333 e. The van der Waals surface area contributed by atoms with Gasteiger partial charge in [0.25, 0.3) is 0 Å². The lowest BCUT2D eigenvalue weighted by Crippen LogP contribution is -2.28. The van der Waals surface area contributed by atoms with Crippen LogP contribution in [0.25, 0.3) is 6.08 Å². The molecule has 2 unspecified atom stereocenters. The fourth-order valence-corrected chi connectivity index (χ4v) is 3.39. The highest BCUT2D eigenvalue weighted by molar-refractivity contribution is 5.76. The molecule has 102 valence electrons. The molecular formula is C20H17N. The van der Waals surface area contributed by atoms with Crippen LogP contribution in [0, 0.1) is 0 Å². The van der Waals surface area contributed by atoms with Crippen LogP contribution in [0.15, 0.2) is 79.4 Å². The number of fused-ring (bicyclic) bond motifs is 3. The lowest BCUT2D eigenvalue weighted by atomic mass is 9.91. The minimum atomic E-state index is 0.368. The van der Waals surface area contributed by atoms with Gasteiger partial charge in [0, 0.05) is 17.3 Å². The van der Waals surface area contributed by atoms with Gasteiger partial charge in [0.15, 0.2) is 0 Å². The molecule has 0 saturated heterocycles. The zero-order chi connectivity index (χ0) is 14.2. The van der Waals surface area contributed by atoms with E-state index < -0.39 is 0 Å². The summed E-state index contributed by atoms with van der Waals surface area (Å²) in [4.78, 5) is 2.44. The van der Waals surface area contributed by atoms with Crippen LogP contribution in [0.2, 0.25) is 0 Å². The summed E-state index contributed by atoms with van der Waals surface area (Å²) in [5, 5.41) is 0. The molecule has 0 aromatic heterocycles. The molecule has 0 N–H and O–H groups in total. The van der Waals surface area contributed by atoms with Gasteiger partial charge in [0.2, 0.25) is 0 Å². The number of hydrogen-bond donors (Lipinski definition) is 0. The average Bonchev–Trinajstić information content (AvgIpc) is 2.89. The van der Waals surface area contributed by atoms with Crippen molar-refractivity contribution in [2.45, 2.75) is 12.0 Å². The van der Waals surface area contributed by atoms with E-state index in [0.29, 0.717) is 12.0 Å². The molecule has 2 aromatic carbocycles. The van der Waals surface area contributed by atoms with Crippen molar-refractivity contribution in [3.8, 4) is 0 Å². The van der Waals surface area contributed by atoms with Crippen molar-refractivity contribution in [3.05, 3.63) is 90.5 Å². The van der Waals surface area contributed by atoms with Gasteiger partial charge in [-0.25, -0.2) is 0 Å². The highest BCUT2D eigenvalue weighted by Gasteiger charge is 2.36. The van der Waals surface area contributed by atoms with E-state index in [1.165, 1.54) is 16.9 Å². The van der Waals surface area contributed by atoms with Gasteiger partial charge in [-0.3, -0.25) is 0 Å². The van der Waals surface area contributed by atoms with Gasteiger partial charge >= 0.3 is 0 Å². The molecule has 0 fully saturated rings. The number of anilines is 2. The number of allylic oxidation sites excluding steroid dienone is 2. The molecule has 0 amide bonds. The van der Waals surface area contributed by atoms with E-state index in [1.54, 1.807) is 0 Å². The molecule has 21 heavy (non-hydrogen) atoms. The second-order valence-electron chi connectivity index (χ2n) is 5.51. The number of para-hydroxylation sites is 1. The van der Waals surface area contributed by atoms with Crippen LogP contribution >= 0.6 is 0 Å². The van der Waals surface area contributed by atoms with Crippen molar-refractivity contribution in [2.24, 2.45) is 0 Å². The Morgan fingerprint density at radius 1 is 0.952 bits per heavy atom. The fraction of sp³-hybridized carbons (Fsp3) is 0.100. The van der Waals surface area contributed by atoms with E-state index in [1.807, 2.05) is 6.08 Å². The van der Waals surface area contributed by atoms with Gasteiger partial charge in [0.1, 0.15) is 0 Å². The zero-order valence-corrected chi connectivity index (χ0v) is 11.8. The lowest BCUT2D eigenvalue weighted by molar-refractivity contribution is 0.744. The summed E-state index contributed by atoms with van der Waals surface area (Å²) in [6.07, 6.45) is 10.8. The molecule has 4 rings (SSSR count). The van der Waals surface area contributed by atoms with E-state index >= 15 is 0 Å². The van der Waals surface area contributed by atoms with Crippen molar-refractivity contribution >= 4 is 17.5 Å². The summed E-state index contributed by atoms with van der Waals surface area (Å²) in [7, 11) is 0. The largest absolute Gasteiger partial charge is 0.333 e. The number of hydrogen-bond acceptors (Lipinski definition) is 1. The highest BCUT2D eigenvalue weighted by atomic mass is 15.2. The van der Waals surface area contributed by atoms with E-state index in [2.05, 4.69) is 84.3 Å². The van der Waals surface area contributed by atoms with Gasteiger partial charge in [-0.05, 0) is 29.3 Å². The molecule has 0 radical (unpaired) electrons. The van der Waals surface area contributed by atoms with Crippen LogP contribution in [0.5, 0.6) is 0 Å². The monoisotopic (exact) mass is 271 g/mol. The molecule has 1 aliphatic carbocycles. The summed E-state index contributed by atoms with van der Waals surface area (Å²) in [5.41, 5.74) is 5.10. The molecule has 0 bridgehead atoms. The first-order valence-corrected chi connectivity index (χ1v) is 7.34. The van der Waals surface area contributed by atoms with Gasteiger partial charge < -0.3 is 4.90 Å². The first kappa shape index (κ1) is 12.2. The summed E-state index contributed by atoms with van der Waals surface area (Å²) in [6.45, 7) is 3.88. The molecule has 2 atom stereocenters. The van der Waals surface area contributed by atoms with Crippen LogP contribution in [0.1, 0.15) is 17.0 Å². The zero-order valence-electron chi connectivity index (χ0n) is 11.8. The van der Waals surface area contributed by atoms with Crippen LogP contribution < -0.4 is 4.90 Å². The van der Waals surface area contributed by atoms with Crippen molar-refractivity contribution in [3.63, 3.8) is 0 Å². The Kier molecular flexibility index (Phi) is 2.78. The molecule has 1 nitrogen and oxygen atoms in total. The lowest BCUT2D eigenvalue weighted by Gasteiger charge is -2.28. The second-order valence-corrected chi connectivity index (χ2v) is 5.51. The standard InChI is InChI=1S/C20H17N/c1-2-15-8-7-9-16(14-15)21-19-12-5-3-10-17(19)18-11-4-6-13-20(18)21/h2-14,17,19H,1H2. The van der Waals surface area contributed by atoms with Crippen LogP contribution in [-0.4, -0.2) is 6.04 Å².